The zero-order valence-corrected chi connectivity index (χ0v) is 16.0. The number of aromatic nitrogens is 4. The van der Waals surface area contributed by atoms with E-state index in [0.717, 1.165) is 5.69 Å². The molecule has 3 N–H and O–H groups in total. The smallest absolute Gasteiger partial charge is 0.272 e. The number of H-pyrrole nitrogens is 3. The molecule has 0 unspecified atom stereocenters. The van der Waals surface area contributed by atoms with E-state index in [1.165, 1.54) is 43.8 Å². The van der Waals surface area contributed by atoms with Gasteiger partial charge in [0, 0.05) is 16.7 Å². The van der Waals surface area contributed by atoms with Gasteiger partial charge in [0.25, 0.3) is 11.1 Å². The average Bonchev–Trinajstić information content (AvgIpc) is 3.09. The molecule has 0 radical (unpaired) electrons. The summed E-state index contributed by atoms with van der Waals surface area (Å²) in [6.45, 7) is 6.02. The molecule has 0 spiro atoms. The van der Waals surface area contributed by atoms with Crippen molar-refractivity contribution >= 4 is 12.2 Å². The molecule has 28 heavy (non-hydrogen) atoms. The number of methoxy groups -OCH3 is 1. The highest BCUT2D eigenvalue weighted by molar-refractivity contribution is 5.52. The number of halogens is 1. The molecule has 0 bridgehead atoms. The largest absolute Gasteiger partial charge is 0.497 e. The van der Waals surface area contributed by atoms with Gasteiger partial charge in [0.2, 0.25) is 0 Å². The van der Waals surface area contributed by atoms with Crippen molar-refractivity contribution in [3.8, 4) is 5.75 Å². The standard InChI is InChI=1S/C20H21FN4O3/c1-20(2,3)17-14(22-10-23-17)9-16-19(27)24-15(18(26)25-16)8-11-7-12(28-4)5-6-13(11)21/h5-10H,1-4H3,(H,22,23)(H,24,27)(H,25,26)/b15-8+,16-9-. The SMILES string of the molecule is COc1ccc(F)c(/C=c2/[nH]c(=O)/c(=C/c3nc[nH]c3C(C)(C)C)[nH]c2=O)c1. The van der Waals surface area contributed by atoms with Crippen LogP contribution in [0.3, 0.4) is 0 Å². The normalized spacial score (nSPS) is 13.2. The Balaban J connectivity index is 2.15. The van der Waals surface area contributed by atoms with Crippen molar-refractivity contribution in [2.45, 2.75) is 26.2 Å². The number of hydrogen-bond donors (Lipinski definition) is 3. The van der Waals surface area contributed by atoms with Gasteiger partial charge >= 0.3 is 0 Å². The van der Waals surface area contributed by atoms with Gasteiger partial charge in [-0.3, -0.25) is 9.59 Å². The monoisotopic (exact) mass is 384 g/mol. The van der Waals surface area contributed by atoms with Crippen LogP contribution in [0.5, 0.6) is 5.75 Å². The summed E-state index contributed by atoms with van der Waals surface area (Å²) in [6, 6.07) is 4.13. The first-order valence-electron chi connectivity index (χ1n) is 8.62. The van der Waals surface area contributed by atoms with Gasteiger partial charge in [-0.1, -0.05) is 20.8 Å². The van der Waals surface area contributed by atoms with Crippen molar-refractivity contribution in [1.29, 1.82) is 0 Å². The lowest BCUT2D eigenvalue weighted by molar-refractivity contribution is 0.413. The van der Waals surface area contributed by atoms with Crippen molar-refractivity contribution in [1.82, 2.24) is 19.9 Å². The maximum atomic E-state index is 14.0. The Morgan fingerprint density at radius 1 is 1.07 bits per heavy atom. The number of aromatic amines is 3. The molecule has 8 heteroatoms. The zero-order valence-electron chi connectivity index (χ0n) is 16.0. The molecule has 0 atom stereocenters. The molecule has 0 amide bonds. The Hall–Kier alpha value is -3.42. The highest BCUT2D eigenvalue weighted by Gasteiger charge is 2.19. The van der Waals surface area contributed by atoms with Crippen LogP contribution in [0.2, 0.25) is 0 Å². The van der Waals surface area contributed by atoms with Gasteiger partial charge in [-0.2, -0.15) is 0 Å². The summed E-state index contributed by atoms with van der Waals surface area (Å²) < 4.78 is 19.1. The van der Waals surface area contributed by atoms with E-state index in [1.807, 2.05) is 20.8 Å². The summed E-state index contributed by atoms with van der Waals surface area (Å²) in [7, 11) is 1.46. The molecule has 0 fully saturated rings. The lowest BCUT2D eigenvalue weighted by Gasteiger charge is -2.16. The number of hydrogen-bond acceptors (Lipinski definition) is 4. The molecule has 0 saturated heterocycles. The summed E-state index contributed by atoms with van der Waals surface area (Å²) in [5.74, 6) is -0.104. The van der Waals surface area contributed by atoms with Crippen LogP contribution in [0.4, 0.5) is 4.39 Å². The average molecular weight is 384 g/mol. The van der Waals surface area contributed by atoms with Crippen LogP contribution in [0, 0.1) is 5.82 Å². The number of benzene rings is 1. The van der Waals surface area contributed by atoms with E-state index < -0.39 is 16.9 Å². The van der Waals surface area contributed by atoms with E-state index in [4.69, 9.17) is 4.74 Å². The molecule has 0 aliphatic carbocycles. The van der Waals surface area contributed by atoms with E-state index >= 15 is 0 Å². The Morgan fingerprint density at radius 2 is 1.71 bits per heavy atom. The van der Waals surface area contributed by atoms with Crippen molar-refractivity contribution in [3.63, 3.8) is 0 Å². The van der Waals surface area contributed by atoms with Crippen LogP contribution < -0.4 is 26.6 Å². The van der Waals surface area contributed by atoms with Gasteiger partial charge in [0.1, 0.15) is 22.3 Å². The number of nitrogens with zero attached hydrogens (tertiary/aromatic N) is 1. The van der Waals surface area contributed by atoms with E-state index in [9.17, 15) is 14.0 Å². The number of nitrogens with one attached hydrogen (secondary N) is 3. The minimum absolute atomic E-state index is 0.0610. The number of imidazole rings is 1. The molecule has 1 aromatic carbocycles. The van der Waals surface area contributed by atoms with Gasteiger partial charge in [-0.05, 0) is 30.4 Å². The predicted octanol–water partition coefficient (Wildman–Crippen LogP) is 0.889. The third-order valence-electron chi connectivity index (χ3n) is 4.19. The third-order valence-corrected chi connectivity index (χ3v) is 4.19. The zero-order chi connectivity index (χ0) is 20.5. The van der Waals surface area contributed by atoms with E-state index in [2.05, 4.69) is 19.9 Å². The number of ether oxygens (including phenoxy) is 1. The van der Waals surface area contributed by atoms with Crippen LogP contribution >= 0.6 is 0 Å². The fourth-order valence-corrected chi connectivity index (χ4v) is 2.76. The molecule has 7 nitrogen and oxygen atoms in total. The first-order chi connectivity index (χ1) is 13.2. The van der Waals surface area contributed by atoms with Crippen LogP contribution in [0.25, 0.3) is 12.2 Å². The van der Waals surface area contributed by atoms with Crippen LogP contribution in [0.1, 0.15) is 37.7 Å². The summed E-state index contributed by atoms with van der Waals surface area (Å²) in [5, 5.41) is -0.00163. The van der Waals surface area contributed by atoms with Crippen molar-refractivity contribution in [3.05, 3.63) is 78.7 Å². The van der Waals surface area contributed by atoms with E-state index in [-0.39, 0.29) is 21.7 Å². The molecular formula is C20H21FN4O3. The highest BCUT2D eigenvalue weighted by atomic mass is 19.1. The van der Waals surface area contributed by atoms with Gasteiger partial charge < -0.3 is 19.7 Å². The summed E-state index contributed by atoms with van der Waals surface area (Å²) in [5.41, 5.74) is 0.232. The predicted molar refractivity (Wildman–Crippen MR) is 104 cm³/mol. The van der Waals surface area contributed by atoms with Gasteiger partial charge in [0.15, 0.2) is 0 Å². The summed E-state index contributed by atoms with van der Waals surface area (Å²) in [6.07, 6.45) is 4.30. The molecule has 2 heterocycles. The summed E-state index contributed by atoms with van der Waals surface area (Å²) >= 11 is 0. The lowest BCUT2D eigenvalue weighted by atomic mass is 9.90. The molecule has 0 saturated carbocycles. The van der Waals surface area contributed by atoms with E-state index in [1.54, 1.807) is 0 Å². The Kier molecular flexibility index (Phi) is 5.04. The molecule has 3 aromatic rings. The second kappa shape index (κ2) is 7.30. The fourth-order valence-electron chi connectivity index (χ4n) is 2.76. The van der Waals surface area contributed by atoms with Crippen molar-refractivity contribution < 1.29 is 9.13 Å². The van der Waals surface area contributed by atoms with Crippen LogP contribution in [-0.2, 0) is 5.41 Å². The fraction of sp³-hybridized carbons (Fsp3) is 0.250. The molecule has 3 rings (SSSR count). The first-order valence-corrected chi connectivity index (χ1v) is 8.62. The third kappa shape index (κ3) is 3.95. The minimum atomic E-state index is -0.555. The lowest BCUT2D eigenvalue weighted by Crippen LogP contribution is -2.46. The maximum Gasteiger partial charge on any atom is 0.272 e. The Labute approximate surface area is 159 Å². The number of rotatable bonds is 3. The molecule has 0 aliphatic heterocycles. The highest BCUT2D eigenvalue weighted by Crippen LogP contribution is 2.22. The molecule has 0 aliphatic rings. The second-order valence-electron chi connectivity index (χ2n) is 7.32. The maximum absolute atomic E-state index is 14.0. The van der Waals surface area contributed by atoms with Gasteiger partial charge in [-0.15, -0.1) is 0 Å². The van der Waals surface area contributed by atoms with Gasteiger partial charge in [-0.25, -0.2) is 9.37 Å². The van der Waals surface area contributed by atoms with Gasteiger partial charge in [0.05, 0.1) is 19.1 Å². The van der Waals surface area contributed by atoms with Crippen LogP contribution in [0.15, 0.2) is 34.1 Å². The first kappa shape index (κ1) is 19.3. The molecular weight excluding hydrogens is 363 g/mol. The topological polar surface area (TPSA) is 104 Å². The Morgan fingerprint density at radius 3 is 2.32 bits per heavy atom. The van der Waals surface area contributed by atoms with Crippen molar-refractivity contribution in [2.24, 2.45) is 0 Å². The van der Waals surface area contributed by atoms with Crippen molar-refractivity contribution in [2.75, 3.05) is 7.11 Å². The molecule has 146 valence electrons. The second-order valence-corrected chi connectivity index (χ2v) is 7.32. The Bertz CT molecular complexity index is 1250. The van der Waals surface area contributed by atoms with E-state index in [0.29, 0.717) is 11.4 Å². The van der Waals surface area contributed by atoms with Crippen LogP contribution in [-0.4, -0.2) is 27.0 Å². The summed E-state index contributed by atoms with van der Waals surface area (Å²) in [4.78, 5) is 37.2. The minimum Gasteiger partial charge on any atom is -0.497 e. The molecule has 2 aromatic heterocycles. The quantitative estimate of drug-likeness (QED) is 0.624.